The van der Waals surface area contributed by atoms with Crippen LogP contribution in [0.15, 0.2) is 78.4 Å². The van der Waals surface area contributed by atoms with Crippen molar-refractivity contribution in [1.29, 1.82) is 5.26 Å². The zero-order valence-electron chi connectivity index (χ0n) is 18.2. The third kappa shape index (κ3) is 6.55. The topological polar surface area (TPSA) is 79.2 Å². The molecule has 3 aromatic rings. The van der Waals surface area contributed by atoms with Gasteiger partial charge in [0.1, 0.15) is 17.4 Å². The van der Waals surface area contributed by atoms with Crippen molar-refractivity contribution < 1.29 is 14.3 Å². The lowest BCUT2D eigenvalue weighted by Crippen LogP contribution is -2.16. The van der Waals surface area contributed by atoms with Crippen LogP contribution in [0.5, 0.6) is 5.75 Å². The molecule has 0 fully saturated rings. The van der Waals surface area contributed by atoms with Crippen LogP contribution >= 0.6 is 11.6 Å². The van der Waals surface area contributed by atoms with Crippen molar-refractivity contribution in [2.75, 3.05) is 11.9 Å². The van der Waals surface area contributed by atoms with Gasteiger partial charge in [-0.25, -0.2) is 0 Å². The van der Waals surface area contributed by atoms with E-state index in [1.165, 1.54) is 12.1 Å². The maximum absolute atomic E-state index is 13.0. The number of rotatable bonds is 9. The van der Waals surface area contributed by atoms with Gasteiger partial charge in [0.05, 0.1) is 12.3 Å². The molecule has 0 bridgehead atoms. The zero-order chi connectivity index (χ0) is 23.6. The summed E-state index contributed by atoms with van der Waals surface area (Å²) in [4.78, 5) is 25.8. The van der Waals surface area contributed by atoms with Gasteiger partial charge < -0.3 is 10.1 Å². The molecule has 1 amide bonds. The zero-order valence-corrected chi connectivity index (χ0v) is 18.9. The number of hydrogen-bond donors (Lipinski definition) is 1. The van der Waals surface area contributed by atoms with Crippen LogP contribution in [0.4, 0.5) is 5.69 Å². The molecule has 0 spiro atoms. The fourth-order valence-electron chi connectivity index (χ4n) is 3.06. The number of carbonyl (C=O) groups is 2. The number of carbonyl (C=O) groups excluding carboxylic acids is 2. The van der Waals surface area contributed by atoms with Gasteiger partial charge in [-0.3, -0.25) is 9.59 Å². The van der Waals surface area contributed by atoms with Crippen LogP contribution in [-0.2, 0) is 4.79 Å². The molecule has 33 heavy (non-hydrogen) atoms. The number of anilines is 1. The van der Waals surface area contributed by atoms with Crippen molar-refractivity contribution in [2.45, 2.75) is 19.8 Å². The summed E-state index contributed by atoms with van der Waals surface area (Å²) in [5.41, 5.74) is 1.57. The first-order valence-corrected chi connectivity index (χ1v) is 10.9. The van der Waals surface area contributed by atoms with Crippen LogP contribution in [0.2, 0.25) is 5.02 Å². The Morgan fingerprint density at radius 2 is 1.79 bits per heavy atom. The van der Waals surface area contributed by atoms with Gasteiger partial charge in [0.15, 0.2) is 5.78 Å². The number of unbranched alkanes of at least 4 members (excludes halogenated alkanes) is 1. The molecule has 0 aromatic heterocycles. The van der Waals surface area contributed by atoms with Gasteiger partial charge >= 0.3 is 0 Å². The Balaban J connectivity index is 1.80. The molecule has 1 N–H and O–H groups in total. The fraction of sp³-hybridized carbons (Fsp3) is 0.148. The van der Waals surface area contributed by atoms with Gasteiger partial charge in [0.25, 0.3) is 5.91 Å². The average molecular weight is 459 g/mol. The number of ketones is 1. The number of hydrogen-bond acceptors (Lipinski definition) is 4. The molecule has 0 heterocycles. The van der Waals surface area contributed by atoms with Gasteiger partial charge in [-0.05, 0) is 48.4 Å². The molecule has 5 nitrogen and oxygen atoms in total. The highest BCUT2D eigenvalue weighted by Gasteiger charge is 2.18. The van der Waals surface area contributed by atoms with E-state index < -0.39 is 5.91 Å². The van der Waals surface area contributed by atoms with Gasteiger partial charge in [0, 0.05) is 16.1 Å². The molecule has 0 aliphatic heterocycles. The van der Waals surface area contributed by atoms with Crippen LogP contribution < -0.4 is 10.1 Å². The number of nitriles is 1. The van der Waals surface area contributed by atoms with Crippen LogP contribution in [0.25, 0.3) is 6.08 Å². The summed E-state index contributed by atoms with van der Waals surface area (Å²) in [5, 5.41) is 12.6. The van der Waals surface area contributed by atoms with E-state index in [0.717, 1.165) is 18.6 Å². The van der Waals surface area contributed by atoms with Crippen molar-refractivity contribution in [3.8, 4) is 11.8 Å². The van der Waals surface area contributed by atoms with Gasteiger partial charge in [-0.15, -0.1) is 0 Å². The molecule has 0 unspecified atom stereocenters. The van der Waals surface area contributed by atoms with E-state index in [4.69, 9.17) is 16.3 Å². The SMILES string of the molecule is CCCCOc1ccc(/C=C(\C#N)C(=O)Nc2ccc(Cl)cc2C(=O)c2ccccc2)cc1. The maximum atomic E-state index is 13.0. The molecule has 6 heteroatoms. The summed E-state index contributed by atoms with van der Waals surface area (Å²) in [7, 11) is 0. The molecule has 166 valence electrons. The molecule has 3 aromatic carbocycles. The van der Waals surface area contributed by atoms with E-state index in [0.29, 0.717) is 22.8 Å². The number of halogens is 1. The summed E-state index contributed by atoms with van der Waals surface area (Å²) in [6, 6.07) is 22.4. The molecule has 0 aliphatic carbocycles. The lowest BCUT2D eigenvalue weighted by Gasteiger charge is -2.11. The van der Waals surface area contributed by atoms with Crippen molar-refractivity contribution >= 4 is 35.1 Å². The Morgan fingerprint density at radius 1 is 1.06 bits per heavy atom. The largest absolute Gasteiger partial charge is 0.494 e. The maximum Gasteiger partial charge on any atom is 0.266 e. The summed E-state index contributed by atoms with van der Waals surface area (Å²) in [6.07, 6.45) is 3.51. The average Bonchev–Trinajstić information content (AvgIpc) is 2.84. The number of amides is 1. The lowest BCUT2D eigenvalue weighted by atomic mass is 10.0. The van der Waals surface area contributed by atoms with Crippen molar-refractivity contribution in [3.05, 3.63) is 100 Å². The summed E-state index contributed by atoms with van der Waals surface area (Å²) in [6.45, 7) is 2.74. The Hall–Kier alpha value is -3.88. The predicted molar refractivity (Wildman–Crippen MR) is 130 cm³/mol. The van der Waals surface area contributed by atoms with E-state index in [2.05, 4.69) is 12.2 Å². The second-order valence-corrected chi connectivity index (χ2v) is 7.72. The standard InChI is InChI=1S/C27H23ClN2O3/c1-2-3-15-33-23-12-9-19(10-13-23)16-21(18-29)27(32)30-25-14-11-22(28)17-24(25)26(31)20-7-5-4-6-8-20/h4-14,16-17H,2-3,15H2,1H3,(H,30,32)/b21-16+. The number of ether oxygens (including phenoxy) is 1. The molecule has 0 radical (unpaired) electrons. The molecule has 0 saturated carbocycles. The van der Waals surface area contributed by atoms with Gasteiger partial charge in [0.2, 0.25) is 0 Å². The van der Waals surface area contributed by atoms with E-state index in [-0.39, 0.29) is 22.6 Å². The predicted octanol–water partition coefficient (Wildman–Crippen LogP) is 6.30. The highest BCUT2D eigenvalue weighted by atomic mass is 35.5. The lowest BCUT2D eigenvalue weighted by molar-refractivity contribution is -0.112. The van der Waals surface area contributed by atoms with Crippen LogP contribution in [-0.4, -0.2) is 18.3 Å². The first-order chi connectivity index (χ1) is 16.0. The van der Waals surface area contributed by atoms with Crippen LogP contribution in [0.1, 0.15) is 41.3 Å². The molecule has 0 saturated heterocycles. The van der Waals surface area contributed by atoms with E-state index in [1.807, 2.05) is 12.1 Å². The van der Waals surface area contributed by atoms with Crippen LogP contribution in [0, 0.1) is 11.3 Å². The normalized spacial score (nSPS) is 10.9. The molecule has 3 rings (SSSR count). The fourth-order valence-corrected chi connectivity index (χ4v) is 3.23. The molecule has 0 aliphatic rings. The van der Waals surface area contributed by atoms with E-state index in [1.54, 1.807) is 60.7 Å². The highest BCUT2D eigenvalue weighted by molar-refractivity contribution is 6.31. The Bertz CT molecular complexity index is 1200. The number of benzene rings is 3. The second-order valence-electron chi connectivity index (χ2n) is 7.28. The molecule has 0 atom stereocenters. The van der Waals surface area contributed by atoms with Crippen molar-refractivity contribution in [3.63, 3.8) is 0 Å². The summed E-state index contributed by atoms with van der Waals surface area (Å²) >= 11 is 6.10. The third-order valence-corrected chi connectivity index (χ3v) is 5.07. The monoisotopic (exact) mass is 458 g/mol. The minimum Gasteiger partial charge on any atom is -0.494 e. The minimum absolute atomic E-state index is 0.0947. The first-order valence-electron chi connectivity index (χ1n) is 10.6. The number of nitrogens with one attached hydrogen (secondary N) is 1. The van der Waals surface area contributed by atoms with E-state index >= 15 is 0 Å². The minimum atomic E-state index is -0.620. The second kappa shape index (κ2) is 11.7. The number of nitrogens with zero attached hydrogens (tertiary/aromatic N) is 1. The Kier molecular flexibility index (Phi) is 8.40. The summed E-state index contributed by atoms with van der Waals surface area (Å²) in [5.74, 6) is -0.173. The highest BCUT2D eigenvalue weighted by Crippen LogP contribution is 2.24. The van der Waals surface area contributed by atoms with Crippen molar-refractivity contribution in [1.82, 2.24) is 0 Å². The molecular formula is C27H23ClN2O3. The smallest absolute Gasteiger partial charge is 0.266 e. The quantitative estimate of drug-likeness (QED) is 0.177. The van der Waals surface area contributed by atoms with Gasteiger partial charge in [-0.2, -0.15) is 5.26 Å². The van der Waals surface area contributed by atoms with Crippen molar-refractivity contribution in [2.24, 2.45) is 0 Å². The third-order valence-electron chi connectivity index (χ3n) is 4.83. The first kappa shape index (κ1) is 23.8. The molecular weight excluding hydrogens is 436 g/mol. The summed E-state index contributed by atoms with van der Waals surface area (Å²) < 4.78 is 5.63. The van der Waals surface area contributed by atoms with Crippen LogP contribution in [0.3, 0.4) is 0 Å². The van der Waals surface area contributed by atoms with Gasteiger partial charge in [-0.1, -0.05) is 67.4 Å². The Morgan fingerprint density at radius 3 is 2.45 bits per heavy atom. The van der Waals surface area contributed by atoms with E-state index in [9.17, 15) is 14.9 Å². The Labute approximate surface area is 198 Å².